The van der Waals surface area contributed by atoms with Gasteiger partial charge in [-0.05, 0) is 6.07 Å². The van der Waals surface area contributed by atoms with E-state index in [1.807, 2.05) is 0 Å². The van der Waals surface area contributed by atoms with Crippen molar-refractivity contribution in [3.63, 3.8) is 0 Å². The minimum absolute atomic E-state index is 0.391. The van der Waals surface area contributed by atoms with Crippen LogP contribution in [0.5, 0.6) is 0 Å². The first-order chi connectivity index (χ1) is 8.20. The minimum atomic E-state index is -3.29. The molecule has 1 aromatic carbocycles. The predicted octanol–water partition coefficient (Wildman–Crippen LogP) is 0.748. The molecule has 8 heteroatoms. The van der Waals surface area contributed by atoms with Gasteiger partial charge in [-0.25, -0.2) is 22.0 Å². The van der Waals surface area contributed by atoms with Crippen LogP contribution in [0.1, 0.15) is 10.4 Å². The maximum atomic E-state index is 13.3. The van der Waals surface area contributed by atoms with Gasteiger partial charge in [-0.15, -0.1) is 0 Å². The second-order valence-corrected chi connectivity index (χ2v) is 5.88. The average molecular weight is 279 g/mol. The lowest BCUT2D eigenvalue weighted by molar-refractivity contribution is 0.0523. The van der Waals surface area contributed by atoms with E-state index in [1.54, 1.807) is 0 Å². The van der Waals surface area contributed by atoms with Gasteiger partial charge in [0.1, 0.15) is 18.2 Å². The molecule has 2 N–H and O–H groups in total. The number of esters is 1. The number of nitrogens with two attached hydrogens (primary N) is 1. The standard InChI is InChI=1S/C10H11F2NO4S/c1-18(15,16)3-2-17-10(14)6-4-8(12)9(13)5-7(6)11/h4-5H,2-3,13H2,1H3. The van der Waals surface area contributed by atoms with E-state index in [-0.39, 0.29) is 0 Å². The van der Waals surface area contributed by atoms with Gasteiger partial charge in [-0.2, -0.15) is 0 Å². The van der Waals surface area contributed by atoms with Crippen LogP contribution in [0, 0.1) is 11.6 Å². The fourth-order valence-electron chi connectivity index (χ4n) is 1.08. The molecular formula is C10H11F2NO4S. The van der Waals surface area contributed by atoms with Crippen LogP contribution < -0.4 is 5.73 Å². The molecule has 1 aromatic rings. The van der Waals surface area contributed by atoms with Crippen LogP contribution in [-0.4, -0.2) is 33.0 Å². The molecule has 18 heavy (non-hydrogen) atoms. The minimum Gasteiger partial charge on any atom is -0.461 e. The highest BCUT2D eigenvalue weighted by molar-refractivity contribution is 7.90. The van der Waals surface area contributed by atoms with E-state index >= 15 is 0 Å². The summed E-state index contributed by atoms with van der Waals surface area (Å²) in [4.78, 5) is 11.4. The zero-order valence-electron chi connectivity index (χ0n) is 9.44. The maximum Gasteiger partial charge on any atom is 0.341 e. The number of hydrogen-bond acceptors (Lipinski definition) is 5. The zero-order chi connectivity index (χ0) is 13.9. The lowest BCUT2D eigenvalue weighted by Crippen LogP contribution is -2.15. The van der Waals surface area contributed by atoms with Gasteiger partial charge < -0.3 is 10.5 Å². The molecule has 1 rings (SSSR count). The summed E-state index contributed by atoms with van der Waals surface area (Å²) in [6.45, 7) is -0.427. The van der Waals surface area contributed by atoms with Crippen LogP contribution in [0.15, 0.2) is 12.1 Å². The highest BCUT2D eigenvalue weighted by atomic mass is 32.2. The van der Waals surface area contributed by atoms with Crippen LogP contribution in [-0.2, 0) is 14.6 Å². The van der Waals surface area contributed by atoms with Gasteiger partial charge in [0, 0.05) is 12.3 Å². The van der Waals surface area contributed by atoms with Crippen LogP contribution >= 0.6 is 0 Å². The Labute approximate surface area is 102 Å². The van der Waals surface area contributed by atoms with E-state index in [2.05, 4.69) is 4.74 Å². The number of ether oxygens (including phenoxy) is 1. The van der Waals surface area contributed by atoms with Gasteiger partial charge in [0.25, 0.3) is 0 Å². The van der Waals surface area contributed by atoms with E-state index in [4.69, 9.17) is 5.73 Å². The number of anilines is 1. The smallest absolute Gasteiger partial charge is 0.341 e. The number of carbonyl (C=O) groups is 1. The van der Waals surface area contributed by atoms with Crippen molar-refractivity contribution in [3.8, 4) is 0 Å². The molecule has 0 heterocycles. The van der Waals surface area contributed by atoms with Gasteiger partial charge in [0.15, 0.2) is 9.84 Å². The summed E-state index contributed by atoms with van der Waals surface area (Å²) in [6.07, 6.45) is 0.963. The van der Waals surface area contributed by atoms with Crippen LogP contribution in [0.2, 0.25) is 0 Å². The molecule has 0 radical (unpaired) electrons. The SMILES string of the molecule is CS(=O)(=O)CCOC(=O)c1cc(F)c(N)cc1F. The molecule has 0 bridgehead atoms. The summed E-state index contributed by atoms with van der Waals surface area (Å²) >= 11 is 0. The molecule has 0 saturated heterocycles. The molecule has 0 aliphatic rings. The molecular weight excluding hydrogens is 268 g/mol. The Kier molecular flexibility index (Phi) is 4.23. The van der Waals surface area contributed by atoms with Crippen molar-refractivity contribution >= 4 is 21.5 Å². The third-order valence-electron chi connectivity index (χ3n) is 1.99. The number of carbonyl (C=O) groups excluding carboxylic acids is 1. The summed E-state index contributed by atoms with van der Waals surface area (Å²) in [6, 6.07) is 1.26. The van der Waals surface area contributed by atoms with Crippen molar-refractivity contribution < 1.29 is 26.7 Å². The Morgan fingerprint density at radius 3 is 2.50 bits per heavy atom. The summed E-state index contributed by atoms with van der Waals surface area (Å²) in [5, 5.41) is 0. The van der Waals surface area contributed by atoms with E-state index in [0.29, 0.717) is 12.1 Å². The monoisotopic (exact) mass is 279 g/mol. The quantitative estimate of drug-likeness (QED) is 0.649. The molecule has 0 unspecified atom stereocenters. The molecule has 0 aliphatic carbocycles. The molecule has 0 spiro atoms. The first-order valence-electron chi connectivity index (χ1n) is 4.80. The van der Waals surface area contributed by atoms with Crippen molar-refractivity contribution in [2.45, 2.75) is 0 Å². The fraction of sp³-hybridized carbons (Fsp3) is 0.300. The fourth-order valence-corrected chi connectivity index (χ4v) is 1.47. The second kappa shape index (κ2) is 5.30. The van der Waals surface area contributed by atoms with Gasteiger partial charge in [-0.3, -0.25) is 0 Å². The van der Waals surface area contributed by atoms with Gasteiger partial charge >= 0.3 is 5.97 Å². The summed E-state index contributed by atoms with van der Waals surface area (Å²) in [5.41, 5.74) is 4.04. The molecule has 0 amide bonds. The molecule has 0 saturated carbocycles. The number of benzene rings is 1. The third-order valence-corrected chi connectivity index (χ3v) is 2.90. The van der Waals surface area contributed by atoms with Gasteiger partial charge in [0.2, 0.25) is 0 Å². The molecule has 0 atom stereocenters. The number of sulfone groups is 1. The Morgan fingerprint density at radius 2 is 1.94 bits per heavy atom. The van der Waals surface area contributed by atoms with Crippen molar-refractivity contribution in [1.82, 2.24) is 0 Å². The maximum absolute atomic E-state index is 13.3. The predicted molar refractivity (Wildman–Crippen MR) is 60.8 cm³/mol. The normalized spacial score (nSPS) is 11.3. The molecule has 0 fully saturated rings. The zero-order valence-corrected chi connectivity index (χ0v) is 10.3. The van der Waals surface area contributed by atoms with Crippen molar-refractivity contribution in [3.05, 3.63) is 29.3 Å². The average Bonchev–Trinajstić information content (AvgIpc) is 2.21. The van der Waals surface area contributed by atoms with Crippen LogP contribution in [0.3, 0.4) is 0 Å². The molecule has 100 valence electrons. The number of halogens is 2. The lowest BCUT2D eigenvalue weighted by atomic mass is 10.2. The Balaban J connectivity index is 2.76. The Morgan fingerprint density at radius 1 is 1.33 bits per heavy atom. The largest absolute Gasteiger partial charge is 0.461 e. The first-order valence-corrected chi connectivity index (χ1v) is 6.86. The summed E-state index contributed by atoms with van der Waals surface area (Å²) in [7, 11) is -3.29. The van der Waals surface area contributed by atoms with Crippen LogP contribution in [0.25, 0.3) is 0 Å². The first kappa shape index (κ1) is 14.4. The van der Waals surface area contributed by atoms with Crippen molar-refractivity contribution in [1.29, 1.82) is 0 Å². The van der Waals surface area contributed by atoms with Gasteiger partial charge in [0.05, 0.1) is 17.0 Å². The lowest BCUT2D eigenvalue weighted by Gasteiger charge is -2.06. The number of hydrogen-bond donors (Lipinski definition) is 1. The van der Waals surface area contributed by atoms with E-state index in [0.717, 1.165) is 6.26 Å². The van der Waals surface area contributed by atoms with E-state index < -0.39 is 51.1 Å². The second-order valence-electron chi connectivity index (χ2n) is 3.62. The molecule has 0 aliphatic heterocycles. The van der Waals surface area contributed by atoms with E-state index in [9.17, 15) is 22.0 Å². The Hall–Kier alpha value is -1.70. The summed E-state index contributed by atoms with van der Waals surface area (Å²) in [5.74, 6) is -3.52. The molecule has 0 aromatic heterocycles. The Bertz CT molecular complexity index is 571. The van der Waals surface area contributed by atoms with E-state index in [1.165, 1.54) is 0 Å². The van der Waals surface area contributed by atoms with Crippen molar-refractivity contribution in [2.24, 2.45) is 0 Å². The number of nitrogen functional groups attached to an aromatic ring is 1. The highest BCUT2D eigenvalue weighted by Gasteiger charge is 2.17. The number of rotatable bonds is 4. The van der Waals surface area contributed by atoms with Crippen molar-refractivity contribution in [2.75, 3.05) is 24.3 Å². The third kappa shape index (κ3) is 3.95. The van der Waals surface area contributed by atoms with Crippen LogP contribution in [0.4, 0.5) is 14.5 Å². The highest BCUT2D eigenvalue weighted by Crippen LogP contribution is 2.17. The summed E-state index contributed by atoms with van der Waals surface area (Å²) < 4.78 is 52.4. The van der Waals surface area contributed by atoms with Gasteiger partial charge in [-0.1, -0.05) is 0 Å². The molecule has 5 nitrogen and oxygen atoms in total. The topological polar surface area (TPSA) is 86.5 Å².